The number of nitrogens with zero attached hydrogens (tertiary/aromatic N) is 2. The van der Waals surface area contributed by atoms with Crippen LogP contribution in [0.3, 0.4) is 0 Å². The molecule has 5 rings (SSSR count). The quantitative estimate of drug-likeness (QED) is 0.302. The number of fused-ring (bicyclic) bond motifs is 2. The van der Waals surface area contributed by atoms with E-state index in [2.05, 4.69) is 122 Å². The first kappa shape index (κ1) is 18.6. The smallest absolute Gasteiger partial charge is 0.225 e. The van der Waals surface area contributed by atoms with Crippen LogP contribution < -0.4 is 4.57 Å². The van der Waals surface area contributed by atoms with Crippen LogP contribution in [0.15, 0.2) is 84.9 Å². The summed E-state index contributed by atoms with van der Waals surface area (Å²) in [4.78, 5) is 0. The van der Waals surface area contributed by atoms with Crippen molar-refractivity contribution in [2.24, 2.45) is 7.05 Å². The highest BCUT2D eigenvalue weighted by atomic mass is 15.2. The summed E-state index contributed by atoms with van der Waals surface area (Å²) in [5.74, 6) is 1.71. The highest BCUT2D eigenvalue weighted by Crippen LogP contribution is 2.30. The van der Waals surface area contributed by atoms with Crippen LogP contribution in [-0.2, 0) is 7.05 Å². The molecule has 0 saturated carbocycles. The van der Waals surface area contributed by atoms with E-state index in [4.69, 9.17) is 0 Å². The Bertz CT molecular complexity index is 1380. The molecule has 30 heavy (non-hydrogen) atoms. The first-order chi connectivity index (χ1) is 14.6. The number of hydrogen-bond acceptors (Lipinski definition) is 0. The van der Waals surface area contributed by atoms with Gasteiger partial charge in [0.2, 0.25) is 0 Å². The molecule has 0 unspecified atom stereocenters. The highest BCUT2D eigenvalue weighted by molar-refractivity contribution is 5.90. The van der Waals surface area contributed by atoms with Gasteiger partial charge in [0, 0.05) is 5.39 Å². The van der Waals surface area contributed by atoms with Crippen molar-refractivity contribution in [3.63, 3.8) is 0 Å². The fourth-order valence-electron chi connectivity index (χ4n) is 4.51. The van der Waals surface area contributed by atoms with Crippen LogP contribution in [-0.4, -0.2) is 4.57 Å². The minimum Gasteiger partial charge on any atom is -0.225 e. The first-order valence-electron chi connectivity index (χ1n) is 10.6. The molecule has 5 aromatic rings. The van der Waals surface area contributed by atoms with Crippen molar-refractivity contribution in [3.8, 4) is 17.1 Å². The van der Waals surface area contributed by atoms with E-state index in [-0.39, 0.29) is 0 Å². The molecule has 0 fully saturated rings. The number of rotatable bonds is 3. The van der Waals surface area contributed by atoms with Gasteiger partial charge in [0.1, 0.15) is 5.69 Å². The molecule has 0 N–H and O–H groups in total. The molecule has 0 aliphatic heterocycles. The van der Waals surface area contributed by atoms with E-state index < -0.39 is 0 Å². The number of aryl methyl sites for hydroxylation is 2. The maximum absolute atomic E-state index is 2.43. The monoisotopic (exact) mass is 391 g/mol. The standard InChI is InChI=1S/C28H27N2/c1-19(2)22-16-17-26-27(18-22)29(4)28(23-13-7-5-10-20(23)3)30(26)25-15-9-12-21-11-6-8-14-24(21)25/h5-19H,1-4H3/q+1. The molecule has 0 aliphatic carbocycles. The minimum atomic E-state index is 0.497. The molecule has 0 bridgehead atoms. The fraction of sp³-hybridized carbons (Fsp3) is 0.179. The molecule has 1 heterocycles. The molecular weight excluding hydrogens is 364 g/mol. The third-order valence-corrected chi connectivity index (χ3v) is 6.19. The van der Waals surface area contributed by atoms with Crippen LogP contribution in [0, 0.1) is 6.92 Å². The van der Waals surface area contributed by atoms with Crippen molar-refractivity contribution in [2.45, 2.75) is 26.7 Å². The molecule has 2 nitrogen and oxygen atoms in total. The summed E-state index contributed by atoms with van der Waals surface area (Å²) in [5, 5.41) is 2.52. The SMILES string of the molecule is Cc1ccccc1-c1n(C)c2cc(C(C)C)ccc2[n+]1-c1cccc2ccccc12. The van der Waals surface area contributed by atoms with Gasteiger partial charge < -0.3 is 0 Å². The van der Waals surface area contributed by atoms with Gasteiger partial charge in [-0.2, -0.15) is 4.57 Å². The first-order valence-corrected chi connectivity index (χ1v) is 10.6. The van der Waals surface area contributed by atoms with Gasteiger partial charge in [-0.15, -0.1) is 0 Å². The van der Waals surface area contributed by atoms with Gasteiger partial charge in [0.05, 0.1) is 12.6 Å². The summed E-state index contributed by atoms with van der Waals surface area (Å²) in [5.41, 5.74) is 7.61. The van der Waals surface area contributed by atoms with Gasteiger partial charge in [0.15, 0.2) is 11.0 Å². The predicted molar refractivity (Wildman–Crippen MR) is 126 cm³/mol. The van der Waals surface area contributed by atoms with E-state index >= 15 is 0 Å². The lowest BCUT2D eigenvalue weighted by Crippen LogP contribution is -2.33. The van der Waals surface area contributed by atoms with Gasteiger partial charge in [-0.3, -0.25) is 0 Å². The van der Waals surface area contributed by atoms with Crippen LogP contribution in [0.1, 0.15) is 30.9 Å². The van der Waals surface area contributed by atoms with E-state index in [1.54, 1.807) is 0 Å². The van der Waals surface area contributed by atoms with Crippen LogP contribution >= 0.6 is 0 Å². The van der Waals surface area contributed by atoms with Crippen LogP contribution in [0.4, 0.5) is 0 Å². The van der Waals surface area contributed by atoms with Gasteiger partial charge in [0.25, 0.3) is 5.82 Å². The van der Waals surface area contributed by atoms with E-state index in [0.717, 1.165) is 0 Å². The highest BCUT2D eigenvalue weighted by Gasteiger charge is 2.28. The normalized spacial score (nSPS) is 11.6. The lowest BCUT2D eigenvalue weighted by atomic mass is 10.0. The number of benzene rings is 4. The van der Waals surface area contributed by atoms with Crippen molar-refractivity contribution >= 4 is 21.8 Å². The summed E-state index contributed by atoms with van der Waals surface area (Å²) in [6.07, 6.45) is 0. The van der Waals surface area contributed by atoms with Crippen molar-refractivity contribution in [1.29, 1.82) is 0 Å². The Labute approximate surface area is 178 Å². The zero-order valence-corrected chi connectivity index (χ0v) is 18.1. The Balaban J connectivity index is 1.95. The minimum absolute atomic E-state index is 0.497. The second-order valence-corrected chi connectivity index (χ2v) is 8.43. The predicted octanol–water partition coefficient (Wildman–Crippen LogP) is 6.71. The van der Waals surface area contributed by atoms with Crippen LogP contribution in [0.25, 0.3) is 38.9 Å². The summed E-state index contributed by atoms with van der Waals surface area (Å²) in [6, 6.07) is 30.8. The zero-order chi connectivity index (χ0) is 20.8. The lowest BCUT2D eigenvalue weighted by Gasteiger charge is -2.08. The molecule has 0 saturated heterocycles. The van der Waals surface area contributed by atoms with Crippen molar-refractivity contribution in [3.05, 3.63) is 96.1 Å². The largest absolute Gasteiger partial charge is 0.295 e. The molecule has 0 atom stereocenters. The third kappa shape index (κ3) is 2.83. The average Bonchev–Trinajstić information content (AvgIpc) is 3.05. The molecule has 1 aromatic heterocycles. The van der Waals surface area contributed by atoms with Gasteiger partial charge in [-0.25, -0.2) is 4.57 Å². The summed E-state index contributed by atoms with van der Waals surface area (Å²) >= 11 is 0. The Morgan fingerprint density at radius 1 is 0.800 bits per heavy atom. The van der Waals surface area contributed by atoms with E-state index in [0.29, 0.717) is 5.92 Å². The molecule has 148 valence electrons. The number of aromatic nitrogens is 2. The Kier molecular flexibility index (Phi) is 4.43. The summed E-state index contributed by atoms with van der Waals surface area (Å²) < 4.78 is 4.79. The molecule has 2 heteroatoms. The second-order valence-electron chi connectivity index (χ2n) is 8.43. The molecule has 0 spiro atoms. The summed E-state index contributed by atoms with van der Waals surface area (Å²) in [6.45, 7) is 6.70. The topological polar surface area (TPSA) is 8.81 Å². The second kappa shape index (κ2) is 7.14. The van der Waals surface area contributed by atoms with Crippen LogP contribution in [0.5, 0.6) is 0 Å². The van der Waals surface area contributed by atoms with Gasteiger partial charge >= 0.3 is 0 Å². The van der Waals surface area contributed by atoms with Crippen molar-refractivity contribution in [1.82, 2.24) is 4.57 Å². The Morgan fingerprint density at radius 2 is 1.53 bits per heavy atom. The molecule has 0 amide bonds. The molecule has 4 aromatic carbocycles. The molecule has 0 radical (unpaired) electrons. The zero-order valence-electron chi connectivity index (χ0n) is 18.1. The van der Waals surface area contributed by atoms with E-state index in [1.165, 1.54) is 50.0 Å². The van der Waals surface area contributed by atoms with Gasteiger partial charge in [-0.05, 0) is 53.6 Å². The molecular formula is C28H27N2+. The number of hydrogen-bond donors (Lipinski definition) is 0. The Hall–Kier alpha value is -3.39. The summed E-state index contributed by atoms with van der Waals surface area (Å²) in [7, 11) is 2.19. The van der Waals surface area contributed by atoms with Crippen molar-refractivity contribution < 1.29 is 4.57 Å². The van der Waals surface area contributed by atoms with E-state index in [1.807, 2.05) is 0 Å². The maximum atomic E-state index is 2.43. The van der Waals surface area contributed by atoms with Gasteiger partial charge in [-0.1, -0.05) is 74.5 Å². The van der Waals surface area contributed by atoms with Crippen molar-refractivity contribution in [2.75, 3.05) is 0 Å². The van der Waals surface area contributed by atoms with E-state index in [9.17, 15) is 0 Å². The maximum Gasteiger partial charge on any atom is 0.295 e. The lowest BCUT2D eigenvalue weighted by molar-refractivity contribution is -0.554. The Morgan fingerprint density at radius 3 is 2.33 bits per heavy atom. The average molecular weight is 392 g/mol. The van der Waals surface area contributed by atoms with Crippen LogP contribution in [0.2, 0.25) is 0 Å². The fourth-order valence-corrected chi connectivity index (χ4v) is 4.51. The molecule has 0 aliphatic rings. The third-order valence-electron chi connectivity index (χ3n) is 6.19. The number of imidazole rings is 1.